The van der Waals surface area contributed by atoms with Gasteiger partial charge in [0.05, 0.1) is 6.26 Å². The number of hydrogen-bond donors (Lipinski definition) is 1. The molecule has 1 aromatic heterocycles. The van der Waals surface area contributed by atoms with Gasteiger partial charge in [-0.15, -0.1) is 0 Å². The summed E-state index contributed by atoms with van der Waals surface area (Å²) in [5, 5.41) is 2.86. The highest BCUT2D eigenvalue weighted by molar-refractivity contribution is 5.83. The van der Waals surface area contributed by atoms with Crippen LogP contribution in [-0.4, -0.2) is 30.4 Å². The van der Waals surface area contributed by atoms with E-state index in [0.717, 1.165) is 31.7 Å². The van der Waals surface area contributed by atoms with E-state index in [1.165, 1.54) is 12.1 Å². The zero-order valence-electron chi connectivity index (χ0n) is 12.3. The first kappa shape index (κ1) is 14.8. The molecule has 4 nitrogen and oxygen atoms in total. The quantitative estimate of drug-likeness (QED) is 0.923. The number of carbonyl (C=O) groups is 1. The first-order valence-corrected chi connectivity index (χ1v) is 7.53. The topological polar surface area (TPSA) is 45.5 Å². The normalized spacial score (nSPS) is 19.1. The van der Waals surface area contributed by atoms with Crippen molar-refractivity contribution in [1.82, 2.24) is 10.2 Å². The highest BCUT2D eigenvalue weighted by Gasteiger charge is 2.30. The maximum Gasteiger partial charge on any atom is 0.242 e. The summed E-state index contributed by atoms with van der Waals surface area (Å²) in [5.74, 6) is 0.574. The number of rotatable bonds is 5. The molecule has 1 N–H and O–H groups in total. The summed E-state index contributed by atoms with van der Waals surface area (Å²) in [7, 11) is 0. The molecule has 1 aliphatic heterocycles. The van der Waals surface area contributed by atoms with E-state index in [9.17, 15) is 9.18 Å². The minimum absolute atomic E-state index is 0.0603. The summed E-state index contributed by atoms with van der Waals surface area (Å²) in [6, 6.07) is 9.69. The van der Waals surface area contributed by atoms with E-state index >= 15 is 0 Å². The Hall–Kier alpha value is -2.14. The van der Waals surface area contributed by atoms with Crippen LogP contribution in [0.25, 0.3) is 0 Å². The summed E-state index contributed by atoms with van der Waals surface area (Å²) in [4.78, 5) is 14.3. The minimum atomic E-state index is -0.416. The molecular formula is C17H19FN2O2. The second kappa shape index (κ2) is 6.75. The van der Waals surface area contributed by atoms with Gasteiger partial charge in [-0.3, -0.25) is 9.69 Å². The van der Waals surface area contributed by atoms with Crippen LogP contribution in [0.3, 0.4) is 0 Å². The van der Waals surface area contributed by atoms with E-state index in [2.05, 4.69) is 10.2 Å². The lowest BCUT2D eigenvalue weighted by molar-refractivity contribution is -0.129. The SMILES string of the molecule is O=C1NCCN(CCCc2ccco2)C1c1cccc(F)c1. The number of furan rings is 1. The van der Waals surface area contributed by atoms with Gasteiger partial charge in [0.1, 0.15) is 17.6 Å². The zero-order chi connectivity index (χ0) is 15.4. The Labute approximate surface area is 128 Å². The maximum absolute atomic E-state index is 13.5. The van der Waals surface area contributed by atoms with Gasteiger partial charge in [-0.25, -0.2) is 4.39 Å². The van der Waals surface area contributed by atoms with Crippen LogP contribution in [0.15, 0.2) is 47.1 Å². The van der Waals surface area contributed by atoms with Gasteiger partial charge in [-0.05, 0) is 42.8 Å². The predicted molar refractivity (Wildman–Crippen MR) is 80.8 cm³/mol. The first-order valence-electron chi connectivity index (χ1n) is 7.53. The molecule has 0 bridgehead atoms. The van der Waals surface area contributed by atoms with Crippen LogP contribution in [0.5, 0.6) is 0 Å². The van der Waals surface area contributed by atoms with Crippen LogP contribution in [0, 0.1) is 5.82 Å². The Morgan fingerprint density at radius 3 is 3.00 bits per heavy atom. The molecule has 3 rings (SSSR count). The van der Waals surface area contributed by atoms with Crippen LogP contribution in [-0.2, 0) is 11.2 Å². The smallest absolute Gasteiger partial charge is 0.242 e. The average Bonchev–Trinajstić information content (AvgIpc) is 3.01. The Kier molecular flexibility index (Phi) is 4.53. The van der Waals surface area contributed by atoms with Gasteiger partial charge in [-0.1, -0.05) is 12.1 Å². The number of nitrogens with one attached hydrogen (secondary N) is 1. The second-order valence-corrected chi connectivity index (χ2v) is 5.47. The fourth-order valence-corrected chi connectivity index (χ4v) is 2.91. The van der Waals surface area contributed by atoms with Gasteiger partial charge in [0, 0.05) is 19.5 Å². The molecule has 0 radical (unpaired) electrons. The number of carbonyl (C=O) groups excluding carboxylic acids is 1. The lowest BCUT2D eigenvalue weighted by Gasteiger charge is -2.35. The monoisotopic (exact) mass is 302 g/mol. The molecule has 1 unspecified atom stereocenters. The van der Waals surface area contributed by atoms with E-state index < -0.39 is 6.04 Å². The van der Waals surface area contributed by atoms with Crippen molar-refractivity contribution in [2.24, 2.45) is 0 Å². The minimum Gasteiger partial charge on any atom is -0.469 e. The Bertz CT molecular complexity index is 627. The standard InChI is InChI=1S/C17H19FN2O2/c18-14-5-1-4-13(12-14)16-17(21)19-8-10-20(16)9-2-6-15-7-3-11-22-15/h1,3-5,7,11-12,16H,2,6,8-10H2,(H,19,21). The van der Waals surface area contributed by atoms with Crippen molar-refractivity contribution in [2.45, 2.75) is 18.9 Å². The molecule has 0 saturated carbocycles. The highest BCUT2D eigenvalue weighted by Crippen LogP contribution is 2.24. The average molecular weight is 302 g/mol. The summed E-state index contributed by atoms with van der Waals surface area (Å²) < 4.78 is 18.8. The van der Waals surface area contributed by atoms with E-state index in [4.69, 9.17) is 4.42 Å². The number of aryl methyl sites for hydroxylation is 1. The van der Waals surface area contributed by atoms with Crippen LogP contribution in [0.1, 0.15) is 23.8 Å². The van der Waals surface area contributed by atoms with E-state index in [-0.39, 0.29) is 11.7 Å². The molecule has 0 spiro atoms. The Balaban J connectivity index is 1.68. The molecule has 5 heteroatoms. The molecular weight excluding hydrogens is 283 g/mol. The third-order valence-corrected chi connectivity index (χ3v) is 3.92. The molecule has 0 aliphatic carbocycles. The lowest BCUT2D eigenvalue weighted by Crippen LogP contribution is -2.50. The molecule has 1 fully saturated rings. The van der Waals surface area contributed by atoms with Crippen molar-refractivity contribution in [3.05, 3.63) is 59.8 Å². The van der Waals surface area contributed by atoms with Crippen LogP contribution < -0.4 is 5.32 Å². The van der Waals surface area contributed by atoms with Gasteiger partial charge in [0.25, 0.3) is 0 Å². The Morgan fingerprint density at radius 1 is 1.32 bits per heavy atom. The summed E-state index contributed by atoms with van der Waals surface area (Å²) in [6.07, 6.45) is 3.40. The number of hydrogen-bond acceptors (Lipinski definition) is 3. The fourth-order valence-electron chi connectivity index (χ4n) is 2.91. The molecule has 22 heavy (non-hydrogen) atoms. The molecule has 1 aliphatic rings. The van der Waals surface area contributed by atoms with Gasteiger partial charge in [0.2, 0.25) is 5.91 Å². The number of halogens is 1. The van der Waals surface area contributed by atoms with E-state index in [1.54, 1.807) is 18.4 Å². The van der Waals surface area contributed by atoms with Crippen molar-refractivity contribution in [2.75, 3.05) is 19.6 Å². The summed E-state index contributed by atoms with van der Waals surface area (Å²) in [5.41, 5.74) is 0.704. The van der Waals surface area contributed by atoms with E-state index in [1.807, 2.05) is 12.1 Å². The van der Waals surface area contributed by atoms with Crippen LogP contribution in [0.4, 0.5) is 4.39 Å². The van der Waals surface area contributed by atoms with Crippen LogP contribution >= 0.6 is 0 Å². The third-order valence-electron chi connectivity index (χ3n) is 3.92. The number of benzene rings is 1. The summed E-state index contributed by atoms with van der Waals surface area (Å²) in [6.45, 7) is 2.17. The van der Waals surface area contributed by atoms with Crippen molar-refractivity contribution >= 4 is 5.91 Å². The molecule has 2 aromatic rings. The zero-order valence-corrected chi connectivity index (χ0v) is 12.3. The van der Waals surface area contributed by atoms with Gasteiger partial charge in [-0.2, -0.15) is 0 Å². The number of nitrogens with zero attached hydrogens (tertiary/aromatic N) is 1. The maximum atomic E-state index is 13.5. The van der Waals surface area contributed by atoms with Crippen molar-refractivity contribution < 1.29 is 13.6 Å². The molecule has 2 heterocycles. The van der Waals surface area contributed by atoms with E-state index in [0.29, 0.717) is 12.1 Å². The molecule has 1 atom stereocenters. The molecule has 1 saturated heterocycles. The lowest BCUT2D eigenvalue weighted by atomic mass is 10.0. The molecule has 1 amide bonds. The largest absolute Gasteiger partial charge is 0.469 e. The predicted octanol–water partition coefficient (Wildman–Crippen LogP) is 2.52. The number of piperazine rings is 1. The number of amides is 1. The van der Waals surface area contributed by atoms with Crippen molar-refractivity contribution in [3.8, 4) is 0 Å². The third kappa shape index (κ3) is 3.36. The fraction of sp³-hybridized carbons (Fsp3) is 0.353. The second-order valence-electron chi connectivity index (χ2n) is 5.47. The molecule has 1 aromatic carbocycles. The summed E-state index contributed by atoms with van der Waals surface area (Å²) >= 11 is 0. The van der Waals surface area contributed by atoms with Crippen molar-refractivity contribution in [3.63, 3.8) is 0 Å². The van der Waals surface area contributed by atoms with Crippen molar-refractivity contribution in [1.29, 1.82) is 0 Å². The van der Waals surface area contributed by atoms with Gasteiger partial charge < -0.3 is 9.73 Å². The van der Waals surface area contributed by atoms with Gasteiger partial charge in [0.15, 0.2) is 0 Å². The van der Waals surface area contributed by atoms with Crippen LogP contribution in [0.2, 0.25) is 0 Å². The van der Waals surface area contributed by atoms with Gasteiger partial charge >= 0.3 is 0 Å². The molecule has 116 valence electrons. The highest BCUT2D eigenvalue weighted by atomic mass is 19.1. The Morgan fingerprint density at radius 2 is 2.23 bits per heavy atom. The first-order chi connectivity index (χ1) is 10.7.